The van der Waals surface area contributed by atoms with E-state index in [1.807, 2.05) is 62.4 Å². The van der Waals surface area contributed by atoms with Gasteiger partial charge in [-0.1, -0.05) is 103 Å². The molecule has 0 bridgehead atoms. The number of nitrogens with zero attached hydrogens (tertiary/aromatic N) is 1. The van der Waals surface area contributed by atoms with Crippen LogP contribution in [0.15, 0.2) is 66.7 Å². The van der Waals surface area contributed by atoms with Crippen LogP contribution in [-0.2, 0) is 29.0 Å². The molecule has 0 heterocycles. The Bertz CT molecular complexity index is 1260. The van der Waals surface area contributed by atoms with Gasteiger partial charge in [0.15, 0.2) is 0 Å². The van der Waals surface area contributed by atoms with Crippen molar-refractivity contribution in [3.05, 3.63) is 105 Å². The smallest absolute Gasteiger partial charge is 0.243 e. The zero-order valence-corrected chi connectivity index (χ0v) is 23.7. The van der Waals surface area contributed by atoms with Gasteiger partial charge < -0.3 is 10.2 Å². The van der Waals surface area contributed by atoms with Crippen LogP contribution in [0.4, 0.5) is 0 Å². The average Bonchev–Trinajstić information content (AvgIpc) is 2.90. The highest BCUT2D eigenvalue weighted by atomic mass is 35.5. The van der Waals surface area contributed by atoms with E-state index in [9.17, 15) is 9.59 Å². The van der Waals surface area contributed by atoms with Crippen molar-refractivity contribution in [1.29, 1.82) is 0 Å². The van der Waals surface area contributed by atoms with E-state index in [0.29, 0.717) is 16.5 Å². The Morgan fingerprint density at radius 3 is 2.37 bits per heavy atom. The van der Waals surface area contributed by atoms with Crippen LogP contribution in [0.3, 0.4) is 0 Å². The molecule has 0 radical (unpaired) electrons. The number of aryl methyl sites for hydroxylation is 2. The summed E-state index contributed by atoms with van der Waals surface area (Å²) in [6.45, 7) is 4.25. The molecule has 0 spiro atoms. The third kappa shape index (κ3) is 7.61. The van der Waals surface area contributed by atoms with E-state index in [1.165, 1.54) is 6.42 Å². The zero-order valence-electron chi connectivity index (χ0n) is 22.2. The Morgan fingerprint density at radius 1 is 0.921 bits per heavy atom. The number of nitrogens with one attached hydrogen (secondary N) is 1. The number of carbonyl (C=O) groups excluding carboxylic acids is 2. The monoisotopic (exact) mass is 550 g/mol. The normalized spacial score (nSPS) is 14.6. The van der Waals surface area contributed by atoms with Crippen LogP contribution in [0.25, 0.3) is 0 Å². The summed E-state index contributed by atoms with van der Waals surface area (Å²) in [5, 5.41) is 4.29. The van der Waals surface area contributed by atoms with Crippen LogP contribution in [0.5, 0.6) is 0 Å². The molecule has 1 fully saturated rings. The van der Waals surface area contributed by atoms with Gasteiger partial charge in [-0.2, -0.15) is 0 Å². The van der Waals surface area contributed by atoms with E-state index < -0.39 is 6.04 Å². The minimum Gasteiger partial charge on any atom is -0.352 e. The average molecular weight is 552 g/mol. The number of rotatable bonds is 9. The van der Waals surface area contributed by atoms with E-state index in [2.05, 4.69) is 11.4 Å². The lowest BCUT2D eigenvalue weighted by molar-refractivity contribution is -0.141. The second kappa shape index (κ2) is 13.3. The molecule has 0 saturated heterocycles. The third-order valence-corrected chi connectivity index (χ3v) is 8.01. The molecule has 1 atom stereocenters. The van der Waals surface area contributed by atoms with Crippen LogP contribution in [0.1, 0.15) is 59.9 Å². The Hall–Kier alpha value is -2.82. The summed E-state index contributed by atoms with van der Waals surface area (Å²) in [5.41, 5.74) is 4.88. The van der Waals surface area contributed by atoms with Crippen molar-refractivity contribution in [1.82, 2.24) is 10.2 Å². The van der Waals surface area contributed by atoms with Gasteiger partial charge in [-0.25, -0.2) is 0 Å². The summed E-state index contributed by atoms with van der Waals surface area (Å²) in [6, 6.07) is 20.8. The quantitative estimate of drug-likeness (QED) is 0.305. The van der Waals surface area contributed by atoms with Gasteiger partial charge in [0.25, 0.3) is 0 Å². The van der Waals surface area contributed by atoms with Gasteiger partial charge in [-0.15, -0.1) is 0 Å². The van der Waals surface area contributed by atoms with Crippen molar-refractivity contribution in [3.63, 3.8) is 0 Å². The van der Waals surface area contributed by atoms with Gasteiger partial charge in [-0.05, 0) is 61.1 Å². The summed E-state index contributed by atoms with van der Waals surface area (Å²) in [7, 11) is 0. The van der Waals surface area contributed by atoms with Crippen molar-refractivity contribution in [3.8, 4) is 0 Å². The first kappa shape index (κ1) is 28.2. The van der Waals surface area contributed by atoms with Crippen LogP contribution in [-0.4, -0.2) is 28.8 Å². The minimum absolute atomic E-state index is 0.107. The van der Waals surface area contributed by atoms with Crippen LogP contribution < -0.4 is 5.32 Å². The van der Waals surface area contributed by atoms with Crippen molar-refractivity contribution >= 4 is 35.0 Å². The predicted octanol–water partition coefficient (Wildman–Crippen LogP) is 7.24. The fourth-order valence-corrected chi connectivity index (χ4v) is 5.66. The lowest BCUT2D eigenvalue weighted by atomic mass is 9.94. The van der Waals surface area contributed by atoms with Crippen molar-refractivity contribution in [2.75, 3.05) is 0 Å². The van der Waals surface area contributed by atoms with Crippen molar-refractivity contribution in [2.45, 2.75) is 77.4 Å². The first-order valence-electron chi connectivity index (χ1n) is 13.4. The maximum atomic E-state index is 14.1. The molecule has 3 aromatic rings. The standard InChI is InChI=1S/C32H36Cl2N2O2/c1-22-13-14-23(2)26(17-22)19-31(37)36(21-25-15-16-27(33)20-29(25)34)30(18-24-9-5-3-6-10-24)32(38)35-28-11-7-4-8-12-28/h3,5-6,9-10,13-17,20,28,30H,4,7-8,11-12,18-19,21H2,1-2H3,(H,35,38). The van der Waals surface area contributed by atoms with Gasteiger partial charge in [-0.3, -0.25) is 9.59 Å². The molecular formula is C32H36Cl2N2O2. The highest BCUT2D eigenvalue weighted by molar-refractivity contribution is 6.35. The molecule has 200 valence electrons. The molecule has 4 rings (SSSR count). The van der Waals surface area contributed by atoms with E-state index in [0.717, 1.165) is 53.5 Å². The predicted molar refractivity (Wildman–Crippen MR) is 156 cm³/mol. The lowest BCUT2D eigenvalue weighted by Gasteiger charge is -2.34. The number of halogens is 2. The Labute approximate surface area is 236 Å². The molecule has 1 saturated carbocycles. The van der Waals surface area contributed by atoms with Gasteiger partial charge in [0.2, 0.25) is 11.8 Å². The summed E-state index contributed by atoms with van der Waals surface area (Å²) in [6.07, 6.45) is 6.01. The molecule has 1 unspecified atom stereocenters. The first-order valence-corrected chi connectivity index (χ1v) is 14.2. The summed E-state index contributed by atoms with van der Waals surface area (Å²) < 4.78 is 0. The number of carbonyl (C=O) groups is 2. The number of hydrogen-bond acceptors (Lipinski definition) is 2. The molecule has 4 nitrogen and oxygen atoms in total. The molecular weight excluding hydrogens is 515 g/mol. The fraction of sp³-hybridized carbons (Fsp3) is 0.375. The highest BCUT2D eigenvalue weighted by Crippen LogP contribution is 2.26. The van der Waals surface area contributed by atoms with E-state index in [4.69, 9.17) is 23.2 Å². The fourth-order valence-electron chi connectivity index (χ4n) is 5.19. The molecule has 0 aliphatic heterocycles. The second-order valence-electron chi connectivity index (χ2n) is 10.4. The Morgan fingerprint density at radius 2 is 1.66 bits per heavy atom. The largest absolute Gasteiger partial charge is 0.352 e. The maximum absolute atomic E-state index is 14.1. The van der Waals surface area contributed by atoms with Crippen LogP contribution in [0.2, 0.25) is 10.0 Å². The summed E-state index contributed by atoms with van der Waals surface area (Å²) in [4.78, 5) is 29.7. The van der Waals surface area contributed by atoms with Crippen LogP contribution in [0, 0.1) is 13.8 Å². The van der Waals surface area contributed by atoms with Gasteiger partial charge in [0.1, 0.15) is 6.04 Å². The third-order valence-electron chi connectivity index (χ3n) is 7.42. The van der Waals surface area contributed by atoms with Crippen LogP contribution >= 0.6 is 23.2 Å². The molecule has 1 aliphatic rings. The summed E-state index contributed by atoms with van der Waals surface area (Å²) >= 11 is 12.7. The molecule has 1 aliphatic carbocycles. The first-order chi connectivity index (χ1) is 18.3. The zero-order chi connectivity index (χ0) is 27.1. The Balaban J connectivity index is 1.70. The highest BCUT2D eigenvalue weighted by Gasteiger charge is 2.32. The molecule has 2 amide bonds. The van der Waals surface area contributed by atoms with E-state index in [1.54, 1.807) is 17.0 Å². The topological polar surface area (TPSA) is 49.4 Å². The molecule has 0 aromatic heterocycles. The van der Waals surface area contributed by atoms with Gasteiger partial charge in [0.05, 0.1) is 6.42 Å². The number of amides is 2. The molecule has 3 aromatic carbocycles. The number of benzene rings is 3. The Kier molecular flexibility index (Phi) is 9.87. The maximum Gasteiger partial charge on any atom is 0.243 e. The molecule has 6 heteroatoms. The van der Waals surface area contributed by atoms with Gasteiger partial charge in [0, 0.05) is 29.1 Å². The van der Waals surface area contributed by atoms with Gasteiger partial charge >= 0.3 is 0 Å². The minimum atomic E-state index is -0.677. The van der Waals surface area contributed by atoms with E-state index in [-0.39, 0.29) is 30.8 Å². The SMILES string of the molecule is Cc1ccc(C)c(CC(=O)N(Cc2ccc(Cl)cc2Cl)C(Cc2ccccc2)C(=O)NC2CCCCC2)c1. The van der Waals surface area contributed by atoms with Crippen molar-refractivity contribution in [2.24, 2.45) is 0 Å². The summed E-state index contributed by atoms with van der Waals surface area (Å²) in [5.74, 6) is -0.218. The van der Waals surface area contributed by atoms with E-state index >= 15 is 0 Å². The van der Waals surface area contributed by atoms with Crippen molar-refractivity contribution < 1.29 is 9.59 Å². The second-order valence-corrected chi connectivity index (χ2v) is 11.3. The molecule has 38 heavy (non-hydrogen) atoms. The number of hydrogen-bond donors (Lipinski definition) is 1. The molecule has 1 N–H and O–H groups in total. The lowest BCUT2D eigenvalue weighted by Crippen LogP contribution is -2.53.